The van der Waals surface area contributed by atoms with Crippen molar-refractivity contribution >= 4 is 45.6 Å². The molecule has 1 unspecified atom stereocenters. The molecule has 5 heteroatoms. The second-order valence-corrected chi connectivity index (χ2v) is 8.09. The number of nitrogens with one attached hydrogen (secondary N) is 2. The van der Waals surface area contributed by atoms with E-state index in [-0.39, 0.29) is 11.8 Å². The van der Waals surface area contributed by atoms with Gasteiger partial charge in [0.05, 0.1) is 11.8 Å². The summed E-state index contributed by atoms with van der Waals surface area (Å²) in [7, 11) is 0. The van der Waals surface area contributed by atoms with Crippen molar-refractivity contribution in [3.63, 3.8) is 0 Å². The fourth-order valence-electron chi connectivity index (χ4n) is 3.48. The molecule has 0 aliphatic carbocycles. The summed E-state index contributed by atoms with van der Waals surface area (Å²) >= 11 is 7.99. The summed E-state index contributed by atoms with van der Waals surface area (Å²) in [5.74, 6) is 1.58. The van der Waals surface area contributed by atoms with Gasteiger partial charge in [-0.15, -0.1) is 11.8 Å². The Kier molecular flexibility index (Phi) is 5.67. The number of halogens is 1. The van der Waals surface area contributed by atoms with Crippen LogP contribution < -0.4 is 5.32 Å². The number of aromatic amines is 1. The number of H-pyrrole nitrogens is 1. The molecule has 3 aromatic rings. The van der Waals surface area contributed by atoms with Crippen LogP contribution in [0.4, 0.5) is 0 Å². The number of thioether (sulfide) groups is 1. The topological polar surface area (TPSA) is 44.9 Å². The smallest absolute Gasteiger partial charge is 0.159 e. The first-order valence-corrected chi connectivity index (χ1v) is 10.6. The van der Waals surface area contributed by atoms with Gasteiger partial charge in [-0.3, -0.25) is 4.79 Å². The summed E-state index contributed by atoms with van der Waals surface area (Å²) in [6.07, 6.45) is 4.86. The number of benzene rings is 2. The van der Waals surface area contributed by atoms with Gasteiger partial charge in [0, 0.05) is 34.4 Å². The lowest BCUT2D eigenvalue weighted by atomic mass is 9.94. The lowest BCUT2D eigenvalue weighted by Gasteiger charge is -2.24. The Morgan fingerprint density at radius 3 is 2.85 bits per heavy atom. The molecule has 1 aliphatic rings. The van der Waals surface area contributed by atoms with E-state index in [2.05, 4.69) is 28.5 Å². The number of para-hydroxylation sites is 1. The molecule has 0 radical (unpaired) electrons. The Morgan fingerprint density at radius 1 is 1.15 bits per heavy atom. The number of rotatable bonds is 6. The molecule has 0 fully saturated rings. The minimum Gasteiger partial charge on any atom is -0.361 e. The summed E-state index contributed by atoms with van der Waals surface area (Å²) in [5, 5.41) is 5.30. The Hall–Kier alpha value is -2.01. The Labute approximate surface area is 168 Å². The molecule has 3 nitrogen and oxygen atoms in total. The molecule has 4 rings (SSSR count). The molecule has 138 valence electrons. The fourth-order valence-corrected chi connectivity index (χ4v) is 4.70. The molecule has 2 N–H and O–H groups in total. The average Bonchev–Trinajstić information content (AvgIpc) is 3.12. The van der Waals surface area contributed by atoms with Crippen molar-refractivity contribution in [2.24, 2.45) is 0 Å². The molecule has 0 spiro atoms. The molecule has 1 atom stereocenters. The van der Waals surface area contributed by atoms with Crippen molar-refractivity contribution in [1.29, 1.82) is 0 Å². The quantitative estimate of drug-likeness (QED) is 0.611. The molecule has 27 heavy (non-hydrogen) atoms. The maximum atomic E-state index is 12.7. The number of hydrogen-bond donors (Lipinski definition) is 2. The highest BCUT2D eigenvalue weighted by molar-refractivity contribution is 7.99. The molecular weight excluding hydrogens is 376 g/mol. The van der Waals surface area contributed by atoms with Crippen LogP contribution in [0.25, 0.3) is 16.5 Å². The van der Waals surface area contributed by atoms with Gasteiger partial charge in [-0.25, -0.2) is 0 Å². The zero-order chi connectivity index (χ0) is 18.6. The standard InChI is InChI=1S/C22H21ClN2OS/c23-19-7-3-1-5-17(19)15-9-10-24-21(11-15)22(26)14-27-13-16-12-25-20-8-4-2-6-18(16)20/h1-9,12,21,24-25H,10-11,13-14H2. The molecule has 0 saturated heterocycles. The van der Waals surface area contributed by atoms with Gasteiger partial charge in [0.15, 0.2) is 5.78 Å². The van der Waals surface area contributed by atoms with Crippen LogP contribution in [0.1, 0.15) is 17.5 Å². The van der Waals surface area contributed by atoms with Gasteiger partial charge >= 0.3 is 0 Å². The van der Waals surface area contributed by atoms with Crippen LogP contribution >= 0.6 is 23.4 Å². The monoisotopic (exact) mass is 396 g/mol. The SMILES string of the molecule is O=C(CSCc1c[nH]c2ccccc12)C1CC(c2ccccc2Cl)=CCN1. The van der Waals surface area contributed by atoms with E-state index in [0.29, 0.717) is 18.7 Å². The highest BCUT2D eigenvalue weighted by Crippen LogP contribution is 2.29. The average molecular weight is 397 g/mol. The molecule has 2 aromatic carbocycles. The second-order valence-electron chi connectivity index (χ2n) is 6.69. The van der Waals surface area contributed by atoms with Gasteiger partial charge in [0.1, 0.15) is 0 Å². The van der Waals surface area contributed by atoms with E-state index < -0.39 is 0 Å². The van der Waals surface area contributed by atoms with E-state index in [1.54, 1.807) is 11.8 Å². The van der Waals surface area contributed by atoms with E-state index in [0.717, 1.165) is 27.4 Å². The van der Waals surface area contributed by atoms with Gasteiger partial charge in [-0.2, -0.15) is 0 Å². The zero-order valence-corrected chi connectivity index (χ0v) is 16.4. The van der Waals surface area contributed by atoms with Crippen molar-refractivity contribution < 1.29 is 4.79 Å². The van der Waals surface area contributed by atoms with Crippen LogP contribution in [0, 0.1) is 0 Å². The Balaban J connectivity index is 1.35. The number of ketones is 1. The summed E-state index contributed by atoms with van der Waals surface area (Å²) in [4.78, 5) is 16.0. The van der Waals surface area contributed by atoms with E-state index >= 15 is 0 Å². The van der Waals surface area contributed by atoms with Gasteiger partial charge in [-0.05, 0) is 35.3 Å². The Morgan fingerprint density at radius 2 is 1.96 bits per heavy atom. The third-order valence-electron chi connectivity index (χ3n) is 4.92. The lowest BCUT2D eigenvalue weighted by Crippen LogP contribution is -2.40. The molecule has 1 aliphatic heterocycles. The van der Waals surface area contributed by atoms with Crippen LogP contribution in [0.3, 0.4) is 0 Å². The van der Waals surface area contributed by atoms with Crippen molar-refractivity contribution in [3.8, 4) is 0 Å². The lowest BCUT2D eigenvalue weighted by molar-refractivity contribution is -0.118. The van der Waals surface area contributed by atoms with Crippen molar-refractivity contribution in [2.75, 3.05) is 12.3 Å². The molecule has 1 aromatic heterocycles. The molecule has 0 bridgehead atoms. The van der Waals surface area contributed by atoms with Gasteiger partial charge in [0.25, 0.3) is 0 Å². The second kappa shape index (κ2) is 8.34. The largest absolute Gasteiger partial charge is 0.361 e. The van der Waals surface area contributed by atoms with E-state index in [1.807, 2.05) is 42.6 Å². The first-order valence-electron chi connectivity index (χ1n) is 9.05. The highest BCUT2D eigenvalue weighted by atomic mass is 35.5. The summed E-state index contributed by atoms with van der Waals surface area (Å²) < 4.78 is 0. The maximum absolute atomic E-state index is 12.7. The van der Waals surface area contributed by atoms with E-state index in [9.17, 15) is 4.79 Å². The summed E-state index contributed by atoms with van der Waals surface area (Å²) in [5.41, 5.74) is 4.57. The zero-order valence-electron chi connectivity index (χ0n) is 14.9. The summed E-state index contributed by atoms with van der Waals surface area (Å²) in [6, 6.07) is 15.9. The minimum atomic E-state index is -0.142. The number of carbonyl (C=O) groups is 1. The van der Waals surface area contributed by atoms with Crippen molar-refractivity contribution in [3.05, 3.63) is 77.0 Å². The summed E-state index contributed by atoms with van der Waals surface area (Å²) in [6.45, 7) is 0.698. The number of carbonyl (C=O) groups excluding carboxylic acids is 1. The number of aromatic nitrogens is 1. The molecule has 0 amide bonds. The molecule has 2 heterocycles. The predicted molar refractivity (Wildman–Crippen MR) is 115 cm³/mol. The number of hydrogen-bond acceptors (Lipinski definition) is 3. The fraction of sp³-hybridized carbons (Fsp3) is 0.227. The van der Waals surface area contributed by atoms with Gasteiger partial charge in [0.2, 0.25) is 0 Å². The van der Waals surface area contributed by atoms with Gasteiger partial charge < -0.3 is 10.3 Å². The van der Waals surface area contributed by atoms with E-state index in [4.69, 9.17) is 11.6 Å². The van der Waals surface area contributed by atoms with Crippen LogP contribution in [0.2, 0.25) is 5.02 Å². The van der Waals surface area contributed by atoms with Crippen molar-refractivity contribution in [1.82, 2.24) is 10.3 Å². The van der Waals surface area contributed by atoms with Crippen LogP contribution in [-0.4, -0.2) is 29.1 Å². The minimum absolute atomic E-state index is 0.142. The third kappa shape index (κ3) is 4.13. The first kappa shape index (κ1) is 18.4. The number of fused-ring (bicyclic) bond motifs is 1. The molecular formula is C22H21ClN2OS. The Bertz CT molecular complexity index is 995. The normalized spacial score (nSPS) is 17.1. The van der Waals surface area contributed by atoms with Crippen LogP contribution in [0.5, 0.6) is 0 Å². The van der Waals surface area contributed by atoms with Gasteiger partial charge in [-0.1, -0.05) is 54.1 Å². The highest BCUT2D eigenvalue weighted by Gasteiger charge is 2.23. The maximum Gasteiger partial charge on any atom is 0.159 e. The third-order valence-corrected chi connectivity index (χ3v) is 6.26. The molecule has 0 saturated carbocycles. The van der Waals surface area contributed by atoms with Crippen molar-refractivity contribution in [2.45, 2.75) is 18.2 Å². The van der Waals surface area contributed by atoms with Crippen LogP contribution in [-0.2, 0) is 10.5 Å². The first-order chi connectivity index (χ1) is 13.2. The predicted octanol–water partition coefficient (Wildman–Crippen LogP) is 5.07. The number of Topliss-reactive ketones (excluding diaryl/α,β-unsaturated/α-hetero) is 1. The van der Waals surface area contributed by atoms with Crippen LogP contribution in [0.15, 0.2) is 60.8 Å². The van der Waals surface area contributed by atoms with E-state index in [1.165, 1.54) is 10.9 Å².